The number of carbonyl (C=O) groups is 1. The van der Waals surface area contributed by atoms with Crippen molar-refractivity contribution in [3.8, 4) is 0 Å². The maximum absolute atomic E-state index is 11.5. The highest BCUT2D eigenvalue weighted by Crippen LogP contribution is 2.08. The zero-order valence-corrected chi connectivity index (χ0v) is 12.2. The van der Waals surface area contributed by atoms with Crippen molar-refractivity contribution in [1.82, 2.24) is 15.1 Å². The van der Waals surface area contributed by atoms with Crippen LogP contribution in [-0.4, -0.2) is 51.6 Å². The van der Waals surface area contributed by atoms with Gasteiger partial charge in [0.25, 0.3) is 0 Å². The molecule has 2 atom stereocenters. The van der Waals surface area contributed by atoms with Gasteiger partial charge in [-0.05, 0) is 5.92 Å². The van der Waals surface area contributed by atoms with Crippen LogP contribution in [0.1, 0.15) is 13.8 Å². The molecule has 1 aromatic heterocycles. The zero-order chi connectivity index (χ0) is 16.0. The molecule has 0 aliphatic rings. The smallest absolute Gasteiger partial charge is 0.323 e. The average molecular weight is 300 g/mol. The molecule has 2 N–H and O–H groups in total. The Kier molecular flexibility index (Phi) is 6.25. The highest BCUT2D eigenvalue weighted by Gasteiger charge is 2.23. The van der Waals surface area contributed by atoms with Crippen molar-refractivity contribution in [1.29, 1.82) is 0 Å². The third-order valence-electron chi connectivity index (χ3n) is 2.92. The van der Waals surface area contributed by atoms with E-state index < -0.39 is 23.0 Å². The van der Waals surface area contributed by atoms with Crippen LogP contribution in [0.3, 0.4) is 0 Å². The number of aliphatic hydroxyl groups excluding tert-OH is 1. The monoisotopic (exact) mass is 300 g/mol. The molecule has 1 heterocycles. The fourth-order valence-corrected chi connectivity index (χ4v) is 1.81. The number of methoxy groups -OCH3 is 1. The van der Waals surface area contributed by atoms with Crippen molar-refractivity contribution in [3.63, 3.8) is 0 Å². The molecule has 118 valence electrons. The van der Waals surface area contributed by atoms with E-state index in [1.54, 1.807) is 0 Å². The van der Waals surface area contributed by atoms with Crippen molar-refractivity contribution in [2.24, 2.45) is 5.92 Å². The number of hydrogen-bond donors (Lipinski definition) is 2. The predicted molar refractivity (Wildman–Crippen MR) is 73.5 cm³/mol. The van der Waals surface area contributed by atoms with E-state index in [0.29, 0.717) is 0 Å². The van der Waals surface area contributed by atoms with Crippen molar-refractivity contribution in [3.05, 3.63) is 22.5 Å². The first-order valence-corrected chi connectivity index (χ1v) is 6.51. The number of rotatable bonds is 8. The predicted octanol–water partition coefficient (Wildman–Crippen LogP) is -0.0606. The summed E-state index contributed by atoms with van der Waals surface area (Å²) in [5.41, 5.74) is -0.134. The van der Waals surface area contributed by atoms with E-state index in [2.05, 4.69) is 15.2 Å². The van der Waals surface area contributed by atoms with E-state index in [0.717, 1.165) is 6.20 Å². The lowest BCUT2D eigenvalue weighted by atomic mass is 10.0. The molecule has 0 spiro atoms. The molecule has 0 radical (unpaired) electrons. The Hall–Kier alpha value is -2.00. The molecule has 2 unspecified atom stereocenters. The molecule has 0 aliphatic heterocycles. The second-order valence-electron chi connectivity index (χ2n) is 4.98. The minimum Gasteiger partial charge on any atom is -0.468 e. The van der Waals surface area contributed by atoms with Gasteiger partial charge in [-0.25, -0.2) is 0 Å². The summed E-state index contributed by atoms with van der Waals surface area (Å²) in [4.78, 5) is 21.5. The topological polar surface area (TPSA) is 120 Å². The van der Waals surface area contributed by atoms with Crippen LogP contribution in [0.5, 0.6) is 0 Å². The standard InChI is InChI=1S/C12H20N4O5/c1-8(2)11(12(18)21-3)13-5-10(17)7-15-6-9(4-14-15)16(19)20/h4,6,8,10-11,13,17H,5,7H2,1-3H3. The normalized spacial score (nSPS) is 14.0. The summed E-state index contributed by atoms with van der Waals surface area (Å²) in [6, 6.07) is -0.517. The van der Waals surface area contributed by atoms with E-state index in [9.17, 15) is 20.0 Å². The van der Waals surface area contributed by atoms with E-state index in [1.807, 2.05) is 13.8 Å². The lowest BCUT2D eigenvalue weighted by Crippen LogP contribution is -2.45. The Bertz CT molecular complexity index is 488. The summed E-state index contributed by atoms with van der Waals surface area (Å²) in [6.45, 7) is 3.95. The summed E-state index contributed by atoms with van der Waals surface area (Å²) >= 11 is 0. The van der Waals surface area contributed by atoms with Gasteiger partial charge in [0.15, 0.2) is 0 Å². The van der Waals surface area contributed by atoms with Crippen molar-refractivity contribution < 1.29 is 19.6 Å². The highest BCUT2D eigenvalue weighted by molar-refractivity contribution is 5.75. The SMILES string of the molecule is COC(=O)C(NCC(O)Cn1cc([N+](=O)[O-])cn1)C(C)C. The van der Waals surface area contributed by atoms with Crippen LogP contribution in [0.2, 0.25) is 0 Å². The van der Waals surface area contributed by atoms with Gasteiger partial charge in [-0.1, -0.05) is 13.8 Å². The molecule has 0 fully saturated rings. The van der Waals surface area contributed by atoms with Crippen LogP contribution in [0.25, 0.3) is 0 Å². The van der Waals surface area contributed by atoms with Gasteiger partial charge in [0.2, 0.25) is 0 Å². The van der Waals surface area contributed by atoms with Gasteiger partial charge in [-0.3, -0.25) is 19.6 Å². The fourth-order valence-electron chi connectivity index (χ4n) is 1.81. The van der Waals surface area contributed by atoms with Crippen LogP contribution < -0.4 is 5.32 Å². The van der Waals surface area contributed by atoms with E-state index in [4.69, 9.17) is 0 Å². The number of aliphatic hydroxyl groups is 1. The lowest BCUT2D eigenvalue weighted by Gasteiger charge is -2.21. The number of aromatic nitrogens is 2. The lowest BCUT2D eigenvalue weighted by molar-refractivity contribution is -0.385. The molecular formula is C12H20N4O5. The summed E-state index contributed by atoms with van der Waals surface area (Å²) in [5.74, 6) is -0.387. The number of carbonyl (C=O) groups excluding carboxylic acids is 1. The third kappa shape index (κ3) is 5.12. The molecule has 0 bridgehead atoms. The molecule has 0 saturated heterocycles. The van der Waals surface area contributed by atoms with Gasteiger partial charge in [-0.2, -0.15) is 5.10 Å². The number of ether oxygens (including phenoxy) is 1. The number of nitrogens with zero attached hydrogens (tertiary/aromatic N) is 3. The average Bonchev–Trinajstić information content (AvgIpc) is 2.86. The quantitative estimate of drug-likeness (QED) is 0.392. The Balaban J connectivity index is 2.50. The molecule has 1 rings (SSSR count). The van der Waals surface area contributed by atoms with E-state index in [-0.39, 0.29) is 24.7 Å². The van der Waals surface area contributed by atoms with Crippen molar-refractivity contribution >= 4 is 11.7 Å². The molecule has 0 aliphatic carbocycles. The van der Waals surface area contributed by atoms with Gasteiger partial charge < -0.3 is 15.2 Å². The summed E-state index contributed by atoms with van der Waals surface area (Å²) in [5, 5.41) is 27.1. The van der Waals surface area contributed by atoms with Crippen LogP contribution in [-0.2, 0) is 16.1 Å². The van der Waals surface area contributed by atoms with E-state index >= 15 is 0 Å². The summed E-state index contributed by atoms with van der Waals surface area (Å²) in [6.07, 6.45) is 1.52. The van der Waals surface area contributed by atoms with Crippen LogP contribution in [0, 0.1) is 16.0 Å². The minimum atomic E-state index is -0.838. The van der Waals surface area contributed by atoms with Gasteiger partial charge in [0.05, 0.1) is 24.7 Å². The molecule has 9 heteroatoms. The first-order chi connectivity index (χ1) is 9.85. The summed E-state index contributed by atoms with van der Waals surface area (Å²) < 4.78 is 5.96. The summed E-state index contributed by atoms with van der Waals surface area (Å²) in [7, 11) is 1.30. The van der Waals surface area contributed by atoms with Crippen LogP contribution >= 0.6 is 0 Å². The Morgan fingerprint density at radius 2 is 2.29 bits per heavy atom. The van der Waals surface area contributed by atoms with Crippen molar-refractivity contribution in [2.45, 2.75) is 32.5 Å². The first kappa shape index (κ1) is 17.1. The highest BCUT2D eigenvalue weighted by atomic mass is 16.6. The van der Waals surface area contributed by atoms with Gasteiger partial charge >= 0.3 is 11.7 Å². The molecule has 0 amide bonds. The number of esters is 1. The Labute approximate surface area is 122 Å². The van der Waals surface area contributed by atoms with Gasteiger partial charge in [0, 0.05) is 6.54 Å². The zero-order valence-electron chi connectivity index (χ0n) is 12.2. The molecule has 9 nitrogen and oxygen atoms in total. The Morgan fingerprint density at radius 3 is 2.76 bits per heavy atom. The molecule has 21 heavy (non-hydrogen) atoms. The number of hydrogen-bond acceptors (Lipinski definition) is 7. The number of nitro groups is 1. The molecular weight excluding hydrogens is 280 g/mol. The Morgan fingerprint density at radius 1 is 1.62 bits per heavy atom. The van der Waals surface area contributed by atoms with E-state index in [1.165, 1.54) is 18.0 Å². The molecule has 1 aromatic rings. The fraction of sp³-hybridized carbons (Fsp3) is 0.667. The van der Waals surface area contributed by atoms with Gasteiger partial charge in [0.1, 0.15) is 18.4 Å². The van der Waals surface area contributed by atoms with Crippen molar-refractivity contribution in [2.75, 3.05) is 13.7 Å². The van der Waals surface area contributed by atoms with Crippen LogP contribution in [0.4, 0.5) is 5.69 Å². The largest absolute Gasteiger partial charge is 0.468 e. The molecule has 0 saturated carbocycles. The maximum atomic E-state index is 11.5. The number of nitrogens with one attached hydrogen (secondary N) is 1. The third-order valence-corrected chi connectivity index (χ3v) is 2.92. The second kappa shape index (κ2) is 7.70. The second-order valence-corrected chi connectivity index (χ2v) is 4.98. The maximum Gasteiger partial charge on any atom is 0.323 e. The first-order valence-electron chi connectivity index (χ1n) is 6.51. The minimum absolute atomic E-state index is 0.00967. The van der Waals surface area contributed by atoms with Gasteiger partial charge in [-0.15, -0.1) is 0 Å². The van der Waals surface area contributed by atoms with Crippen LogP contribution in [0.15, 0.2) is 12.4 Å². The molecule has 0 aromatic carbocycles.